The molecule has 24 heavy (non-hydrogen) atoms. The van der Waals surface area contributed by atoms with Crippen molar-refractivity contribution in [1.82, 2.24) is 0 Å². The molecule has 0 unspecified atom stereocenters. The number of nitrogens with one attached hydrogen (secondary N) is 1. The number of ketones is 1. The van der Waals surface area contributed by atoms with E-state index in [9.17, 15) is 14.4 Å². The van der Waals surface area contributed by atoms with E-state index in [2.05, 4.69) is 5.32 Å². The zero-order chi connectivity index (χ0) is 17.9. The van der Waals surface area contributed by atoms with Gasteiger partial charge in [-0.15, -0.1) is 0 Å². The van der Waals surface area contributed by atoms with Crippen molar-refractivity contribution in [1.29, 1.82) is 0 Å². The molecule has 0 atom stereocenters. The second kappa shape index (κ2) is 7.31. The number of Topliss-reactive ketones (excluding diaryl/α,β-unsaturated/α-hetero) is 1. The summed E-state index contributed by atoms with van der Waals surface area (Å²) in [4.78, 5) is 35.3. The van der Waals surface area contributed by atoms with Crippen LogP contribution in [-0.2, 0) is 11.2 Å². The summed E-state index contributed by atoms with van der Waals surface area (Å²) in [5.74, 6) is -1.39. The standard InChI is InChI=1S/C17H17ClN2O4/c1-9(21)14-10(2)24-17(15(14)16(19)23)20-13(22)8-5-11-3-6-12(18)7-4-11/h3-4,6-7H,5,8H2,1-2H3,(H2,19,23)(H,20,22). The summed E-state index contributed by atoms with van der Waals surface area (Å²) in [5.41, 5.74) is 6.25. The lowest BCUT2D eigenvalue weighted by atomic mass is 10.1. The van der Waals surface area contributed by atoms with Gasteiger partial charge in [0.25, 0.3) is 5.91 Å². The molecule has 6 nitrogen and oxygen atoms in total. The van der Waals surface area contributed by atoms with E-state index in [0.29, 0.717) is 11.4 Å². The average molecular weight is 349 g/mol. The molecule has 1 aromatic heterocycles. The van der Waals surface area contributed by atoms with Crippen LogP contribution in [0.1, 0.15) is 45.4 Å². The smallest absolute Gasteiger partial charge is 0.255 e. The number of primary amides is 1. The van der Waals surface area contributed by atoms with Gasteiger partial charge in [0.15, 0.2) is 5.78 Å². The quantitative estimate of drug-likeness (QED) is 0.783. The number of hydrogen-bond donors (Lipinski definition) is 2. The fraction of sp³-hybridized carbons (Fsp3) is 0.235. The Bertz CT molecular complexity index is 794. The van der Waals surface area contributed by atoms with Crippen LogP contribution in [0.3, 0.4) is 0 Å². The molecule has 0 bridgehead atoms. The van der Waals surface area contributed by atoms with Gasteiger partial charge in [0, 0.05) is 11.4 Å². The molecule has 0 spiro atoms. The monoisotopic (exact) mass is 348 g/mol. The minimum absolute atomic E-state index is 0.0914. The number of amides is 2. The van der Waals surface area contributed by atoms with E-state index < -0.39 is 5.91 Å². The van der Waals surface area contributed by atoms with Gasteiger partial charge in [-0.3, -0.25) is 19.7 Å². The zero-order valence-electron chi connectivity index (χ0n) is 13.3. The number of nitrogens with two attached hydrogens (primary N) is 1. The lowest BCUT2D eigenvalue weighted by Gasteiger charge is -2.04. The van der Waals surface area contributed by atoms with E-state index in [1.54, 1.807) is 12.1 Å². The molecular formula is C17H17ClN2O4. The number of carbonyl (C=O) groups excluding carboxylic acids is 3. The molecule has 2 rings (SSSR count). The minimum atomic E-state index is -0.829. The van der Waals surface area contributed by atoms with Crippen LogP contribution in [0.2, 0.25) is 5.02 Å². The number of benzene rings is 1. The summed E-state index contributed by atoms with van der Waals surface area (Å²) in [7, 11) is 0. The van der Waals surface area contributed by atoms with Crippen LogP contribution in [-0.4, -0.2) is 17.6 Å². The van der Waals surface area contributed by atoms with E-state index in [1.807, 2.05) is 12.1 Å². The SMILES string of the molecule is CC(=O)c1c(C)oc(NC(=O)CCc2ccc(Cl)cc2)c1C(N)=O. The maximum atomic E-state index is 12.1. The van der Waals surface area contributed by atoms with Crippen LogP contribution in [0.25, 0.3) is 0 Å². The normalized spacial score (nSPS) is 10.5. The molecule has 1 aromatic carbocycles. The Labute approximate surface area is 144 Å². The summed E-state index contributed by atoms with van der Waals surface area (Å²) in [5, 5.41) is 3.13. The van der Waals surface area contributed by atoms with Crippen LogP contribution in [0.5, 0.6) is 0 Å². The van der Waals surface area contributed by atoms with Gasteiger partial charge in [-0.2, -0.15) is 0 Å². The molecule has 2 aromatic rings. The molecule has 0 saturated heterocycles. The molecular weight excluding hydrogens is 332 g/mol. The van der Waals surface area contributed by atoms with Crippen molar-refractivity contribution in [3.63, 3.8) is 0 Å². The van der Waals surface area contributed by atoms with Crippen LogP contribution in [0.4, 0.5) is 5.88 Å². The summed E-state index contributed by atoms with van der Waals surface area (Å²) < 4.78 is 5.34. The third-order valence-electron chi connectivity index (χ3n) is 3.49. The van der Waals surface area contributed by atoms with Gasteiger partial charge in [-0.05, 0) is 38.0 Å². The molecule has 126 valence electrons. The third-order valence-corrected chi connectivity index (χ3v) is 3.74. The molecule has 0 aliphatic heterocycles. The summed E-state index contributed by atoms with van der Waals surface area (Å²) in [6.07, 6.45) is 0.670. The maximum absolute atomic E-state index is 12.1. The van der Waals surface area contributed by atoms with Crippen LogP contribution >= 0.6 is 11.6 Å². The first-order valence-electron chi connectivity index (χ1n) is 7.28. The number of aryl methyl sites for hydroxylation is 2. The van der Waals surface area contributed by atoms with E-state index in [-0.39, 0.29) is 40.9 Å². The molecule has 3 N–H and O–H groups in total. The first-order valence-corrected chi connectivity index (χ1v) is 7.65. The van der Waals surface area contributed by atoms with Crippen molar-refractivity contribution in [2.45, 2.75) is 26.7 Å². The van der Waals surface area contributed by atoms with E-state index in [4.69, 9.17) is 21.8 Å². The molecule has 7 heteroatoms. The van der Waals surface area contributed by atoms with Crippen molar-refractivity contribution in [2.75, 3.05) is 5.32 Å². The zero-order valence-corrected chi connectivity index (χ0v) is 14.1. The molecule has 0 saturated carbocycles. The first kappa shape index (κ1) is 17.7. The highest BCUT2D eigenvalue weighted by Gasteiger charge is 2.26. The Morgan fingerprint density at radius 3 is 2.33 bits per heavy atom. The highest BCUT2D eigenvalue weighted by Crippen LogP contribution is 2.27. The predicted octanol–water partition coefficient (Wildman–Crippen LogP) is 3.11. The molecule has 0 fully saturated rings. The van der Waals surface area contributed by atoms with Crippen molar-refractivity contribution in [3.8, 4) is 0 Å². The molecule has 1 heterocycles. The Kier molecular flexibility index (Phi) is 5.41. The Hall–Kier alpha value is -2.60. The van der Waals surface area contributed by atoms with Gasteiger partial charge in [-0.1, -0.05) is 23.7 Å². The molecule has 2 amide bonds. The van der Waals surface area contributed by atoms with Gasteiger partial charge < -0.3 is 10.2 Å². The largest absolute Gasteiger partial charge is 0.444 e. The van der Waals surface area contributed by atoms with Crippen molar-refractivity contribution >= 4 is 35.1 Å². The van der Waals surface area contributed by atoms with E-state index in [1.165, 1.54) is 13.8 Å². The highest BCUT2D eigenvalue weighted by molar-refractivity contribution is 6.30. The summed E-state index contributed by atoms with van der Waals surface area (Å²) >= 11 is 5.81. The number of furan rings is 1. The summed E-state index contributed by atoms with van der Waals surface area (Å²) in [6.45, 7) is 2.84. The van der Waals surface area contributed by atoms with Crippen LogP contribution in [0.15, 0.2) is 28.7 Å². The van der Waals surface area contributed by atoms with Gasteiger partial charge in [0.1, 0.15) is 11.3 Å². The fourth-order valence-corrected chi connectivity index (χ4v) is 2.52. The second-order valence-corrected chi connectivity index (χ2v) is 5.77. The number of halogens is 1. The van der Waals surface area contributed by atoms with Gasteiger partial charge in [0.05, 0.1) is 5.56 Å². The lowest BCUT2D eigenvalue weighted by Crippen LogP contribution is -2.19. The second-order valence-electron chi connectivity index (χ2n) is 5.33. The van der Waals surface area contributed by atoms with Crippen molar-refractivity contribution in [2.24, 2.45) is 5.73 Å². The fourth-order valence-electron chi connectivity index (χ4n) is 2.39. The van der Waals surface area contributed by atoms with Crippen molar-refractivity contribution < 1.29 is 18.8 Å². The Morgan fingerprint density at radius 2 is 1.79 bits per heavy atom. The highest BCUT2D eigenvalue weighted by atomic mass is 35.5. The van der Waals surface area contributed by atoms with Crippen molar-refractivity contribution in [3.05, 3.63) is 51.7 Å². The molecule has 0 radical (unpaired) electrons. The predicted molar refractivity (Wildman–Crippen MR) is 90.4 cm³/mol. The van der Waals surface area contributed by atoms with Gasteiger partial charge in [-0.25, -0.2) is 0 Å². The Balaban J connectivity index is 2.11. The number of anilines is 1. The number of rotatable bonds is 6. The molecule has 0 aliphatic rings. The topological polar surface area (TPSA) is 102 Å². The van der Waals surface area contributed by atoms with Gasteiger partial charge >= 0.3 is 0 Å². The van der Waals surface area contributed by atoms with Crippen LogP contribution in [0, 0.1) is 6.92 Å². The van der Waals surface area contributed by atoms with Crippen LogP contribution < -0.4 is 11.1 Å². The maximum Gasteiger partial charge on any atom is 0.255 e. The van der Waals surface area contributed by atoms with Gasteiger partial charge in [0.2, 0.25) is 11.8 Å². The number of carbonyl (C=O) groups is 3. The van der Waals surface area contributed by atoms with E-state index >= 15 is 0 Å². The third kappa shape index (κ3) is 4.02. The molecule has 0 aliphatic carbocycles. The minimum Gasteiger partial charge on any atom is -0.444 e. The van der Waals surface area contributed by atoms with E-state index in [0.717, 1.165) is 5.56 Å². The lowest BCUT2D eigenvalue weighted by molar-refractivity contribution is -0.116. The number of hydrogen-bond acceptors (Lipinski definition) is 4. The average Bonchev–Trinajstić information content (AvgIpc) is 2.83. The summed E-state index contributed by atoms with van der Waals surface area (Å²) in [6, 6.07) is 7.15. The first-order chi connectivity index (χ1) is 11.3. The Morgan fingerprint density at radius 1 is 1.17 bits per heavy atom.